The zero-order valence-electron chi connectivity index (χ0n) is 8.15. The second-order valence-corrected chi connectivity index (χ2v) is 3.03. The Morgan fingerprint density at radius 3 is 2.50 bits per heavy atom. The standard InChI is InChI=1S/C9H6NS.2CH3.Ir/c1-2-6-10-8(4-1)9-5-3-7-11-9;;;/h1-4,6-7H;2*1H3;/q3*-1;+3. The third kappa shape index (κ3) is 3.70. The molecule has 0 radical (unpaired) electrons. The van der Waals surface area contributed by atoms with Crippen LogP contribution in [0.15, 0.2) is 35.8 Å². The summed E-state index contributed by atoms with van der Waals surface area (Å²) >= 11 is 1.66. The number of nitrogens with zero attached hydrogens (tertiary/aromatic N) is 1. The molecule has 0 aliphatic rings. The molecular formula is C11H12IrNS. The van der Waals surface area contributed by atoms with Gasteiger partial charge in [-0.25, -0.2) is 11.3 Å². The van der Waals surface area contributed by atoms with Crippen molar-refractivity contribution in [2.75, 3.05) is 0 Å². The van der Waals surface area contributed by atoms with Gasteiger partial charge in [0.25, 0.3) is 0 Å². The molecule has 0 aromatic carbocycles. The van der Waals surface area contributed by atoms with Gasteiger partial charge in [-0.15, -0.1) is 5.38 Å². The third-order valence-electron chi connectivity index (χ3n) is 1.37. The first-order valence-corrected chi connectivity index (χ1v) is 4.21. The zero-order valence-corrected chi connectivity index (χ0v) is 11.4. The Hall–Kier alpha value is -0.501. The zero-order chi connectivity index (χ0) is 7.52. The molecule has 1 nitrogen and oxygen atoms in total. The fraction of sp³-hybridized carbons (Fsp3) is 0. The predicted octanol–water partition coefficient (Wildman–Crippen LogP) is 3.51. The molecule has 0 atom stereocenters. The van der Waals surface area contributed by atoms with Crippen LogP contribution in [0.1, 0.15) is 0 Å². The minimum Gasteiger partial charge on any atom is -0.358 e. The molecule has 0 spiro atoms. The Bertz CT molecular complexity index is 318. The normalized spacial score (nSPS) is 7.71. The summed E-state index contributed by atoms with van der Waals surface area (Å²) in [6, 6.07) is 10.9. The molecule has 76 valence electrons. The SMILES string of the molecule is [CH3-].[CH3-].[Ir+3].[c-]1ccsc1-c1ccccn1. The second-order valence-electron chi connectivity index (χ2n) is 2.11. The molecule has 0 bridgehead atoms. The molecule has 0 aliphatic heterocycles. The maximum Gasteiger partial charge on any atom is 3.00 e. The summed E-state index contributed by atoms with van der Waals surface area (Å²) in [5.41, 5.74) is 1.00. The van der Waals surface area contributed by atoms with Gasteiger partial charge in [0.05, 0.1) is 0 Å². The largest absolute Gasteiger partial charge is 3.00 e. The average Bonchev–Trinajstić information content (AvgIpc) is 2.58. The van der Waals surface area contributed by atoms with Crippen LogP contribution >= 0.6 is 11.3 Å². The number of hydrogen-bond acceptors (Lipinski definition) is 2. The van der Waals surface area contributed by atoms with Crippen molar-refractivity contribution in [1.82, 2.24) is 4.98 Å². The molecular weight excluding hydrogens is 370 g/mol. The smallest absolute Gasteiger partial charge is 0.358 e. The van der Waals surface area contributed by atoms with Gasteiger partial charge in [0.1, 0.15) is 0 Å². The maximum absolute atomic E-state index is 4.20. The van der Waals surface area contributed by atoms with Gasteiger partial charge in [-0.3, -0.25) is 0 Å². The van der Waals surface area contributed by atoms with Crippen LogP contribution in [0.2, 0.25) is 0 Å². The Morgan fingerprint density at radius 1 is 1.21 bits per heavy atom. The molecule has 2 aromatic rings. The van der Waals surface area contributed by atoms with E-state index in [9.17, 15) is 0 Å². The van der Waals surface area contributed by atoms with Gasteiger partial charge in [0, 0.05) is 6.20 Å². The first kappa shape index (κ1) is 15.9. The van der Waals surface area contributed by atoms with Crippen molar-refractivity contribution in [3.05, 3.63) is 56.8 Å². The van der Waals surface area contributed by atoms with Crippen LogP contribution in [0.3, 0.4) is 0 Å². The quantitative estimate of drug-likeness (QED) is 0.688. The van der Waals surface area contributed by atoms with Gasteiger partial charge in [-0.1, -0.05) is 17.0 Å². The summed E-state index contributed by atoms with van der Waals surface area (Å²) in [4.78, 5) is 5.30. The fourth-order valence-electron chi connectivity index (χ4n) is 0.877. The molecule has 0 aliphatic carbocycles. The maximum atomic E-state index is 4.20. The topological polar surface area (TPSA) is 12.9 Å². The molecule has 0 saturated heterocycles. The monoisotopic (exact) mass is 383 g/mol. The van der Waals surface area contributed by atoms with E-state index in [1.165, 1.54) is 0 Å². The van der Waals surface area contributed by atoms with E-state index in [-0.39, 0.29) is 35.0 Å². The van der Waals surface area contributed by atoms with E-state index in [1.807, 2.05) is 29.6 Å². The van der Waals surface area contributed by atoms with Crippen molar-refractivity contribution in [2.24, 2.45) is 0 Å². The summed E-state index contributed by atoms with van der Waals surface area (Å²) in [6.07, 6.45) is 1.79. The van der Waals surface area contributed by atoms with Gasteiger partial charge < -0.3 is 19.8 Å². The Labute approximate surface area is 104 Å². The summed E-state index contributed by atoms with van der Waals surface area (Å²) in [5, 5.41) is 2.00. The summed E-state index contributed by atoms with van der Waals surface area (Å²) in [5.74, 6) is 0. The van der Waals surface area contributed by atoms with Gasteiger partial charge >= 0.3 is 20.1 Å². The summed E-state index contributed by atoms with van der Waals surface area (Å²) in [7, 11) is 0. The number of rotatable bonds is 1. The molecule has 2 aromatic heterocycles. The van der Waals surface area contributed by atoms with Crippen LogP contribution in [-0.2, 0) is 20.1 Å². The van der Waals surface area contributed by atoms with Crippen molar-refractivity contribution in [3.8, 4) is 10.6 Å². The number of hydrogen-bond donors (Lipinski definition) is 0. The first-order chi connectivity index (χ1) is 5.47. The summed E-state index contributed by atoms with van der Waals surface area (Å²) in [6.45, 7) is 0. The molecule has 2 heterocycles. The Balaban J connectivity index is 0. The van der Waals surface area contributed by atoms with Gasteiger partial charge in [-0.05, 0) is 11.8 Å². The molecule has 2 rings (SSSR count). The average molecular weight is 383 g/mol. The van der Waals surface area contributed by atoms with Gasteiger partial charge in [0.2, 0.25) is 0 Å². The van der Waals surface area contributed by atoms with Crippen LogP contribution in [0.25, 0.3) is 10.6 Å². The van der Waals surface area contributed by atoms with E-state index in [0.717, 1.165) is 10.6 Å². The van der Waals surface area contributed by atoms with Crippen LogP contribution in [0.5, 0.6) is 0 Å². The van der Waals surface area contributed by atoms with Gasteiger partial charge in [-0.2, -0.15) is 12.1 Å². The molecule has 0 unspecified atom stereocenters. The summed E-state index contributed by atoms with van der Waals surface area (Å²) < 4.78 is 0. The molecule has 0 N–H and O–H groups in total. The Kier molecular flexibility index (Phi) is 8.96. The van der Waals surface area contributed by atoms with E-state index >= 15 is 0 Å². The van der Waals surface area contributed by atoms with Crippen LogP contribution in [-0.4, -0.2) is 4.98 Å². The molecule has 0 saturated carbocycles. The minimum absolute atomic E-state index is 0. The number of pyridine rings is 1. The second kappa shape index (κ2) is 7.86. The van der Waals surface area contributed by atoms with E-state index in [4.69, 9.17) is 0 Å². The molecule has 0 fully saturated rings. The van der Waals surface area contributed by atoms with E-state index in [2.05, 4.69) is 11.1 Å². The molecule has 0 amide bonds. The van der Waals surface area contributed by atoms with Crippen LogP contribution in [0.4, 0.5) is 0 Å². The van der Waals surface area contributed by atoms with E-state index < -0.39 is 0 Å². The van der Waals surface area contributed by atoms with Crippen molar-refractivity contribution >= 4 is 11.3 Å². The Morgan fingerprint density at radius 2 is 2.00 bits per heavy atom. The van der Waals surface area contributed by atoms with E-state index in [0.29, 0.717) is 0 Å². The van der Waals surface area contributed by atoms with Crippen LogP contribution < -0.4 is 0 Å². The fourth-order valence-corrected chi connectivity index (χ4v) is 1.53. The number of thiophene rings is 1. The molecule has 3 heteroatoms. The molecule has 14 heavy (non-hydrogen) atoms. The van der Waals surface area contributed by atoms with Crippen LogP contribution in [0, 0.1) is 20.9 Å². The van der Waals surface area contributed by atoms with Gasteiger partial charge in [0.15, 0.2) is 0 Å². The van der Waals surface area contributed by atoms with E-state index in [1.54, 1.807) is 17.5 Å². The number of aromatic nitrogens is 1. The van der Waals surface area contributed by atoms with Crippen molar-refractivity contribution < 1.29 is 20.1 Å². The van der Waals surface area contributed by atoms with Crippen molar-refractivity contribution in [2.45, 2.75) is 0 Å². The predicted molar refractivity (Wildman–Crippen MR) is 59.2 cm³/mol. The van der Waals surface area contributed by atoms with Crippen molar-refractivity contribution in [1.29, 1.82) is 0 Å². The first-order valence-electron chi connectivity index (χ1n) is 3.33. The minimum atomic E-state index is 0. The van der Waals surface area contributed by atoms with Crippen molar-refractivity contribution in [3.63, 3.8) is 0 Å². The third-order valence-corrected chi connectivity index (χ3v) is 2.20.